The first-order chi connectivity index (χ1) is 13.6. The molecule has 2 atom stereocenters. The van der Waals surface area contributed by atoms with Gasteiger partial charge in [0.15, 0.2) is 6.67 Å². The highest BCUT2D eigenvalue weighted by molar-refractivity contribution is 6.40. The molecule has 0 aliphatic rings. The first kappa shape index (κ1) is 23.7. The van der Waals surface area contributed by atoms with E-state index in [0.29, 0.717) is 0 Å². The monoisotopic (exact) mass is 410 g/mol. The maximum Gasteiger partial charge on any atom is 0.408 e. The number of carbonyl (C=O) groups excluding carboxylic acids is 4. The van der Waals surface area contributed by atoms with Crippen molar-refractivity contribution >= 4 is 29.5 Å². The molecule has 10 heteroatoms. The molecule has 1 unspecified atom stereocenters. The lowest BCUT2D eigenvalue weighted by Crippen LogP contribution is -2.55. The standard InChI is InChI=1S/C19H23FN2O7/c1-11(2)16(22-19(28)29-10-12-6-4-3-5-7-12)18(27)21-13(8-15(24)25)17(26)14(23)9-20/h3-7,11,13,16H,8-10H2,1-2H3,(H,21,27)(H,22,28)(H,24,25)/t13?,16-/m0/s1. The first-order valence-corrected chi connectivity index (χ1v) is 8.78. The maximum atomic E-state index is 12.5. The van der Waals surface area contributed by atoms with Crippen LogP contribution in [0.25, 0.3) is 0 Å². The second-order valence-electron chi connectivity index (χ2n) is 6.51. The van der Waals surface area contributed by atoms with E-state index in [0.717, 1.165) is 5.56 Å². The zero-order chi connectivity index (χ0) is 22.0. The Bertz CT molecular complexity index is 752. The van der Waals surface area contributed by atoms with Gasteiger partial charge in [0.1, 0.15) is 18.7 Å². The van der Waals surface area contributed by atoms with Gasteiger partial charge in [0.25, 0.3) is 0 Å². The number of hydrogen-bond donors (Lipinski definition) is 3. The number of benzene rings is 1. The van der Waals surface area contributed by atoms with Gasteiger partial charge in [-0.15, -0.1) is 0 Å². The molecule has 0 aliphatic heterocycles. The van der Waals surface area contributed by atoms with Crippen molar-refractivity contribution in [3.05, 3.63) is 35.9 Å². The predicted octanol–water partition coefficient (Wildman–Crippen LogP) is 1.00. The van der Waals surface area contributed by atoms with E-state index in [4.69, 9.17) is 9.84 Å². The topological polar surface area (TPSA) is 139 Å². The Balaban J connectivity index is 2.78. The quantitative estimate of drug-likeness (QED) is 0.463. The van der Waals surface area contributed by atoms with Gasteiger partial charge in [-0.25, -0.2) is 9.18 Å². The summed E-state index contributed by atoms with van der Waals surface area (Å²) in [5.74, 6) is -5.64. The molecule has 0 bridgehead atoms. The minimum absolute atomic E-state index is 0.0375. The molecule has 158 valence electrons. The van der Waals surface area contributed by atoms with Gasteiger partial charge in [-0.1, -0.05) is 44.2 Å². The lowest BCUT2D eigenvalue weighted by atomic mass is 10.0. The zero-order valence-corrected chi connectivity index (χ0v) is 16.0. The van der Waals surface area contributed by atoms with E-state index in [2.05, 4.69) is 10.6 Å². The number of hydrogen-bond acceptors (Lipinski definition) is 6. The van der Waals surface area contributed by atoms with Gasteiger partial charge in [-0.05, 0) is 11.5 Å². The van der Waals surface area contributed by atoms with Crippen LogP contribution in [0.3, 0.4) is 0 Å². The molecule has 0 saturated heterocycles. The number of alkyl carbamates (subject to hydrolysis) is 1. The van der Waals surface area contributed by atoms with Crippen LogP contribution in [0.4, 0.5) is 9.18 Å². The molecular formula is C19H23FN2O7. The fourth-order valence-electron chi connectivity index (χ4n) is 2.33. The van der Waals surface area contributed by atoms with Crippen LogP contribution in [0, 0.1) is 5.92 Å². The van der Waals surface area contributed by atoms with E-state index in [1.807, 2.05) is 0 Å². The Morgan fingerprint density at radius 1 is 1.07 bits per heavy atom. The number of rotatable bonds is 11. The molecular weight excluding hydrogens is 387 g/mol. The summed E-state index contributed by atoms with van der Waals surface area (Å²) in [5, 5.41) is 13.3. The van der Waals surface area contributed by atoms with Crippen molar-refractivity contribution in [3.63, 3.8) is 0 Å². The Kier molecular flexibility index (Phi) is 9.43. The number of nitrogens with one attached hydrogen (secondary N) is 2. The van der Waals surface area contributed by atoms with Gasteiger partial charge in [0.05, 0.1) is 6.42 Å². The molecule has 2 amide bonds. The third-order valence-electron chi connectivity index (χ3n) is 3.84. The van der Waals surface area contributed by atoms with Gasteiger partial charge < -0.3 is 20.5 Å². The molecule has 9 nitrogen and oxygen atoms in total. The second kappa shape index (κ2) is 11.5. The van der Waals surface area contributed by atoms with E-state index < -0.39 is 60.6 Å². The van der Waals surface area contributed by atoms with Crippen LogP contribution in [0.2, 0.25) is 0 Å². The number of carboxylic acid groups (broad SMARTS) is 1. The maximum absolute atomic E-state index is 12.5. The molecule has 0 aromatic heterocycles. The number of ketones is 2. The zero-order valence-electron chi connectivity index (χ0n) is 16.0. The predicted molar refractivity (Wildman–Crippen MR) is 98.6 cm³/mol. The van der Waals surface area contributed by atoms with Crippen molar-refractivity contribution in [2.45, 2.75) is 39.0 Å². The van der Waals surface area contributed by atoms with Crippen molar-refractivity contribution in [1.29, 1.82) is 0 Å². The summed E-state index contributed by atoms with van der Waals surface area (Å²) in [4.78, 5) is 58.5. The smallest absolute Gasteiger partial charge is 0.408 e. The first-order valence-electron chi connectivity index (χ1n) is 8.78. The lowest BCUT2D eigenvalue weighted by Gasteiger charge is -2.24. The third-order valence-corrected chi connectivity index (χ3v) is 3.84. The number of carboxylic acids is 1. The summed E-state index contributed by atoms with van der Waals surface area (Å²) in [6.07, 6.45) is -1.80. The number of Topliss-reactive ketones (excluding diaryl/α,β-unsaturated/α-hetero) is 2. The number of halogens is 1. The summed E-state index contributed by atoms with van der Waals surface area (Å²) in [6.45, 7) is 1.55. The average Bonchev–Trinajstić information content (AvgIpc) is 2.68. The Morgan fingerprint density at radius 3 is 2.21 bits per heavy atom. The highest BCUT2D eigenvalue weighted by Gasteiger charge is 2.32. The van der Waals surface area contributed by atoms with Gasteiger partial charge >= 0.3 is 12.1 Å². The highest BCUT2D eigenvalue weighted by atomic mass is 19.1. The van der Waals surface area contributed by atoms with E-state index in [1.165, 1.54) is 0 Å². The second-order valence-corrected chi connectivity index (χ2v) is 6.51. The summed E-state index contributed by atoms with van der Waals surface area (Å²) in [5.41, 5.74) is 0.727. The normalized spacial score (nSPS) is 12.6. The van der Waals surface area contributed by atoms with E-state index in [-0.39, 0.29) is 6.61 Å². The van der Waals surface area contributed by atoms with Crippen LogP contribution >= 0.6 is 0 Å². The van der Waals surface area contributed by atoms with Crippen molar-refractivity contribution in [3.8, 4) is 0 Å². The molecule has 1 aromatic carbocycles. The number of ether oxygens (including phenoxy) is 1. The van der Waals surface area contributed by atoms with Gasteiger partial charge in [-0.3, -0.25) is 19.2 Å². The molecule has 0 fully saturated rings. The minimum atomic E-state index is -1.74. The fraction of sp³-hybridized carbons (Fsp3) is 0.421. The van der Waals surface area contributed by atoms with Crippen LogP contribution < -0.4 is 10.6 Å². The number of alkyl halides is 1. The van der Waals surface area contributed by atoms with E-state index in [9.17, 15) is 28.4 Å². The van der Waals surface area contributed by atoms with E-state index in [1.54, 1.807) is 44.2 Å². The molecule has 1 aromatic rings. The molecule has 0 radical (unpaired) electrons. The summed E-state index contributed by atoms with van der Waals surface area (Å²) in [6, 6.07) is 5.88. The number of aliphatic carboxylic acids is 1. The minimum Gasteiger partial charge on any atom is -0.481 e. The Hall–Kier alpha value is -3.30. The van der Waals surface area contributed by atoms with Crippen LogP contribution in [0.15, 0.2) is 30.3 Å². The van der Waals surface area contributed by atoms with Crippen LogP contribution in [0.1, 0.15) is 25.8 Å². The van der Waals surface area contributed by atoms with Crippen molar-refractivity contribution in [2.24, 2.45) is 5.92 Å². The molecule has 29 heavy (non-hydrogen) atoms. The van der Waals surface area contributed by atoms with Crippen molar-refractivity contribution < 1.29 is 38.2 Å². The molecule has 0 spiro atoms. The summed E-state index contributed by atoms with van der Waals surface area (Å²) in [7, 11) is 0. The molecule has 0 saturated carbocycles. The average molecular weight is 410 g/mol. The van der Waals surface area contributed by atoms with Gasteiger partial charge in [0, 0.05) is 0 Å². The van der Waals surface area contributed by atoms with Crippen molar-refractivity contribution in [2.75, 3.05) is 6.67 Å². The summed E-state index contributed by atoms with van der Waals surface area (Å²) >= 11 is 0. The number of carbonyl (C=O) groups is 5. The number of amides is 2. The highest BCUT2D eigenvalue weighted by Crippen LogP contribution is 2.06. The van der Waals surface area contributed by atoms with E-state index >= 15 is 0 Å². The molecule has 0 heterocycles. The van der Waals surface area contributed by atoms with Gasteiger partial charge in [-0.2, -0.15) is 0 Å². The largest absolute Gasteiger partial charge is 0.481 e. The molecule has 1 rings (SSSR count). The third kappa shape index (κ3) is 8.08. The summed E-state index contributed by atoms with van der Waals surface area (Å²) < 4.78 is 17.5. The SMILES string of the molecule is CC(C)[C@H](NC(=O)OCc1ccccc1)C(=O)NC(CC(=O)O)C(=O)C(=O)CF. The fourth-order valence-corrected chi connectivity index (χ4v) is 2.33. The van der Waals surface area contributed by atoms with Crippen LogP contribution in [-0.2, 0) is 30.5 Å². The Morgan fingerprint density at radius 2 is 1.69 bits per heavy atom. The van der Waals surface area contributed by atoms with Crippen LogP contribution in [0.5, 0.6) is 0 Å². The molecule has 3 N–H and O–H groups in total. The van der Waals surface area contributed by atoms with Crippen LogP contribution in [-0.4, -0.2) is 53.4 Å². The Labute approximate surface area is 166 Å². The van der Waals surface area contributed by atoms with Gasteiger partial charge in [0.2, 0.25) is 17.5 Å². The van der Waals surface area contributed by atoms with Crippen molar-refractivity contribution in [1.82, 2.24) is 10.6 Å². The molecule has 0 aliphatic carbocycles. The lowest BCUT2D eigenvalue weighted by molar-refractivity contribution is -0.143.